The molecule has 0 aromatic carbocycles. The summed E-state index contributed by atoms with van der Waals surface area (Å²) >= 11 is 0. The van der Waals surface area contributed by atoms with Crippen molar-refractivity contribution in [2.45, 2.75) is 52.7 Å². The third kappa shape index (κ3) is 1.97. The molecule has 3 rings (SSSR count). The lowest BCUT2D eigenvalue weighted by atomic mass is 9.53. The molecule has 0 heterocycles. The van der Waals surface area contributed by atoms with E-state index in [1.807, 2.05) is 6.92 Å². The molecule has 0 spiro atoms. The van der Waals surface area contributed by atoms with Gasteiger partial charge < -0.3 is 10.1 Å². The summed E-state index contributed by atoms with van der Waals surface area (Å²) in [4.78, 5) is 11.5. The van der Waals surface area contributed by atoms with E-state index in [4.69, 9.17) is 4.74 Å². The number of hydrogen-bond acceptors (Lipinski definition) is 2. The Kier molecular flexibility index (Phi) is 2.44. The summed E-state index contributed by atoms with van der Waals surface area (Å²) in [5.74, 6) is 1.34. The number of carbonyl (C=O) groups is 1. The number of alkyl carbamates (subject to hydrolysis) is 1. The van der Waals surface area contributed by atoms with Crippen molar-refractivity contribution in [3.8, 4) is 0 Å². The van der Waals surface area contributed by atoms with Crippen LogP contribution in [0.1, 0.15) is 40.5 Å². The van der Waals surface area contributed by atoms with E-state index in [9.17, 15) is 4.79 Å². The predicted molar refractivity (Wildman–Crippen MR) is 58.5 cm³/mol. The van der Waals surface area contributed by atoms with Crippen molar-refractivity contribution in [1.29, 1.82) is 0 Å². The van der Waals surface area contributed by atoms with Crippen LogP contribution in [0.4, 0.5) is 4.79 Å². The summed E-state index contributed by atoms with van der Waals surface area (Å²) in [5.41, 5.74) is 0.0849. The summed E-state index contributed by atoms with van der Waals surface area (Å²) in [6.45, 7) is 8.35. The molecule has 1 unspecified atom stereocenters. The maximum Gasteiger partial charge on any atom is 0.407 e. The van der Waals surface area contributed by atoms with E-state index in [1.54, 1.807) is 0 Å². The van der Waals surface area contributed by atoms with Crippen molar-refractivity contribution in [2.75, 3.05) is 0 Å². The SMILES string of the molecule is CC(NC(=O)OC1C2CC1C2)C(C)(C)C. The Hall–Kier alpha value is -0.730. The summed E-state index contributed by atoms with van der Waals surface area (Å²) in [6, 6.07) is 0.140. The first-order valence-electron chi connectivity index (χ1n) is 5.85. The van der Waals surface area contributed by atoms with E-state index in [0.717, 1.165) is 0 Å². The van der Waals surface area contributed by atoms with Gasteiger partial charge in [0.25, 0.3) is 0 Å². The molecule has 0 aromatic rings. The molecule has 0 aromatic heterocycles. The van der Waals surface area contributed by atoms with Crippen molar-refractivity contribution in [2.24, 2.45) is 17.3 Å². The maximum atomic E-state index is 11.5. The number of rotatable bonds is 2. The van der Waals surface area contributed by atoms with Gasteiger partial charge in [-0.2, -0.15) is 0 Å². The quantitative estimate of drug-likeness (QED) is 0.762. The largest absolute Gasteiger partial charge is 0.446 e. The van der Waals surface area contributed by atoms with Gasteiger partial charge in [-0.25, -0.2) is 4.79 Å². The minimum Gasteiger partial charge on any atom is -0.446 e. The minimum atomic E-state index is -0.239. The highest BCUT2D eigenvalue weighted by Crippen LogP contribution is 2.55. The van der Waals surface area contributed by atoms with Gasteiger partial charge in [-0.15, -0.1) is 0 Å². The molecular formula is C12H21NO2. The zero-order valence-corrected chi connectivity index (χ0v) is 10.0. The van der Waals surface area contributed by atoms with Gasteiger partial charge >= 0.3 is 6.09 Å². The van der Waals surface area contributed by atoms with Gasteiger partial charge in [0.2, 0.25) is 0 Å². The molecule has 0 saturated heterocycles. The van der Waals surface area contributed by atoms with Crippen LogP contribution in [-0.2, 0) is 4.74 Å². The van der Waals surface area contributed by atoms with Crippen LogP contribution in [0.3, 0.4) is 0 Å². The van der Waals surface area contributed by atoms with E-state index in [1.165, 1.54) is 12.8 Å². The highest BCUT2D eigenvalue weighted by atomic mass is 16.6. The van der Waals surface area contributed by atoms with E-state index in [2.05, 4.69) is 26.1 Å². The zero-order valence-electron chi connectivity index (χ0n) is 10.0. The first-order valence-corrected chi connectivity index (χ1v) is 5.85. The first kappa shape index (κ1) is 10.8. The van der Waals surface area contributed by atoms with Crippen LogP contribution >= 0.6 is 0 Å². The molecule has 0 aliphatic heterocycles. The third-order valence-electron chi connectivity index (χ3n) is 4.02. The van der Waals surface area contributed by atoms with Crippen molar-refractivity contribution >= 4 is 6.09 Å². The molecule has 3 saturated carbocycles. The van der Waals surface area contributed by atoms with Crippen LogP contribution in [0, 0.1) is 17.3 Å². The lowest BCUT2D eigenvalue weighted by molar-refractivity contribution is -0.152. The average molecular weight is 211 g/mol. The van der Waals surface area contributed by atoms with Gasteiger partial charge in [0.15, 0.2) is 0 Å². The fourth-order valence-corrected chi connectivity index (χ4v) is 1.98. The molecule has 1 N–H and O–H groups in total. The number of ether oxygens (including phenoxy) is 1. The summed E-state index contributed by atoms with van der Waals surface area (Å²) in [6.07, 6.45) is 2.54. The second-order valence-corrected chi connectivity index (χ2v) is 6.09. The lowest BCUT2D eigenvalue weighted by Crippen LogP contribution is -2.58. The number of carbonyl (C=O) groups excluding carboxylic acids is 1. The Labute approximate surface area is 91.6 Å². The van der Waals surface area contributed by atoms with Crippen LogP contribution in [-0.4, -0.2) is 18.2 Å². The van der Waals surface area contributed by atoms with E-state index in [0.29, 0.717) is 11.8 Å². The molecule has 3 aliphatic rings. The predicted octanol–water partition coefficient (Wildman–Crippen LogP) is 2.56. The van der Waals surface area contributed by atoms with E-state index >= 15 is 0 Å². The van der Waals surface area contributed by atoms with E-state index in [-0.39, 0.29) is 23.7 Å². The average Bonchev–Trinajstić information content (AvgIpc) is 1.94. The second kappa shape index (κ2) is 3.39. The Morgan fingerprint density at radius 1 is 1.33 bits per heavy atom. The number of amides is 1. The second-order valence-electron chi connectivity index (χ2n) is 6.09. The van der Waals surface area contributed by atoms with Crippen molar-refractivity contribution in [3.05, 3.63) is 0 Å². The summed E-state index contributed by atoms with van der Waals surface area (Å²) in [7, 11) is 0. The molecule has 3 aliphatic carbocycles. The summed E-state index contributed by atoms with van der Waals surface area (Å²) in [5, 5.41) is 2.90. The highest BCUT2D eigenvalue weighted by Gasteiger charge is 2.55. The van der Waals surface area contributed by atoms with Gasteiger partial charge in [-0.3, -0.25) is 0 Å². The Balaban J connectivity index is 1.72. The van der Waals surface area contributed by atoms with Crippen LogP contribution in [0.15, 0.2) is 0 Å². The summed E-state index contributed by atoms with van der Waals surface area (Å²) < 4.78 is 5.36. The Morgan fingerprint density at radius 2 is 1.87 bits per heavy atom. The lowest BCUT2D eigenvalue weighted by Gasteiger charge is -2.56. The van der Waals surface area contributed by atoms with Crippen molar-refractivity contribution in [1.82, 2.24) is 5.32 Å². The molecule has 15 heavy (non-hydrogen) atoms. The highest BCUT2D eigenvalue weighted by molar-refractivity contribution is 5.68. The third-order valence-corrected chi connectivity index (χ3v) is 4.02. The fraction of sp³-hybridized carbons (Fsp3) is 0.917. The molecule has 3 heteroatoms. The van der Waals surface area contributed by atoms with Crippen LogP contribution in [0.2, 0.25) is 0 Å². The van der Waals surface area contributed by atoms with Gasteiger partial charge in [0.05, 0.1) is 0 Å². The minimum absolute atomic E-state index is 0.0849. The van der Waals surface area contributed by atoms with Gasteiger partial charge in [-0.1, -0.05) is 20.8 Å². The molecule has 1 amide bonds. The van der Waals surface area contributed by atoms with Gasteiger partial charge in [0, 0.05) is 6.04 Å². The zero-order chi connectivity index (χ0) is 11.2. The number of hydrogen-bond donors (Lipinski definition) is 1. The molecule has 86 valence electrons. The molecule has 1 atom stereocenters. The Bertz CT molecular complexity index is 255. The molecular weight excluding hydrogens is 190 g/mol. The van der Waals surface area contributed by atoms with Gasteiger partial charge in [-0.05, 0) is 37.0 Å². The van der Waals surface area contributed by atoms with Crippen LogP contribution in [0.25, 0.3) is 0 Å². The Morgan fingerprint density at radius 3 is 2.20 bits per heavy atom. The smallest absolute Gasteiger partial charge is 0.407 e. The molecule has 3 fully saturated rings. The van der Waals surface area contributed by atoms with Crippen LogP contribution < -0.4 is 5.32 Å². The number of nitrogens with one attached hydrogen (secondary N) is 1. The monoisotopic (exact) mass is 211 g/mol. The molecule has 3 nitrogen and oxygen atoms in total. The first-order chi connectivity index (χ1) is 6.88. The van der Waals surface area contributed by atoms with Crippen molar-refractivity contribution < 1.29 is 9.53 Å². The van der Waals surface area contributed by atoms with Crippen LogP contribution in [0.5, 0.6) is 0 Å². The normalized spacial score (nSPS) is 34.8. The fourth-order valence-electron chi connectivity index (χ4n) is 1.98. The standard InChI is InChI=1S/C12H21NO2/c1-7(12(2,3)4)13-11(14)15-10-8-5-9(10)6-8/h7-10H,5-6H2,1-4H3,(H,13,14). The van der Waals surface area contributed by atoms with E-state index < -0.39 is 0 Å². The maximum absolute atomic E-state index is 11.5. The molecule has 2 bridgehead atoms. The van der Waals surface area contributed by atoms with Gasteiger partial charge in [0.1, 0.15) is 6.10 Å². The topological polar surface area (TPSA) is 38.3 Å². The van der Waals surface area contributed by atoms with Crippen molar-refractivity contribution in [3.63, 3.8) is 0 Å². The molecule has 0 radical (unpaired) electrons.